The van der Waals surface area contributed by atoms with Crippen molar-refractivity contribution in [1.29, 1.82) is 5.26 Å². The van der Waals surface area contributed by atoms with Crippen LogP contribution in [0.15, 0.2) is 29.0 Å². The highest BCUT2D eigenvalue weighted by Crippen LogP contribution is 2.15. The van der Waals surface area contributed by atoms with Crippen LogP contribution in [0.4, 0.5) is 0 Å². The molecule has 0 aliphatic heterocycles. The number of nitrogens with zero attached hydrogens (tertiary/aromatic N) is 2. The molecule has 3 heteroatoms. The maximum absolute atomic E-state index is 8.62. The van der Waals surface area contributed by atoms with Gasteiger partial charge in [-0.1, -0.05) is 0 Å². The highest BCUT2D eigenvalue weighted by Gasteiger charge is 2.02. The molecule has 3 nitrogen and oxygen atoms in total. The molecule has 0 aliphatic rings. The second-order valence-corrected chi connectivity index (χ2v) is 2.11. The van der Waals surface area contributed by atoms with Gasteiger partial charge in [0.1, 0.15) is 11.6 Å². The summed E-state index contributed by atoms with van der Waals surface area (Å²) >= 11 is 0. The van der Waals surface area contributed by atoms with E-state index in [9.17, 15) is 0 Å². The summed E-state index contributed by atoms with van der Waals surface area (Å²) < 4.78 is 5.05. The quantitative estimate of drug-likeness (QED) is 0.565. The SMILES string of the molecule is N#Cc1ccnc2ccoc12. The maximum atomic E-state index is 8.62. The molecule has 0 saturated heterocycles. The molecule has 52 valence electrons. The fourth-order valence-electron chi connectivity index (χ4n) is 0.962. The van der Waals surface area contributed by atoms with E-state index in [0.717, 1.165) is 5.52 Å². The van der Waals surface area contributed by atoms with Crippen molar-refractivity contribution < 1.29 is 4.42 Å². The number of fused-ring (bicyclic) bond motifs is 1. The Morgan fingerprint density at radius 1 is 1.45 bits per heavy atom. The Morgan fingerprint density at radius 2 is 2.36 bits per heavy atom. The molecule has 0 aromatic carbocycles. The molecule has 0 atom stereocenters. The van der Waals surface area contributed by atoms with E-state index in [4.69, 9.17) is 9.68 Å². The molecule has 0 radical (unpaired) electrons. The number of nitriles is 1. The first-order valence-electron chi connectivity index (χ1n) is 3.14. The van der Waals surface area contributed by atoms with Crippen LogP contribution in [-0.4, -0.2) is 4.98 Å². The molecular weight excluding hydrogens is 140 g/mol. The number of hydrogen-bond acceptors (Lipinski definition) is 3. The minimum atomic E-state index is 0.528. The smallest absolute Gasteiger partial charge is 0.170 e. The number of hydrogen-bond donors (Lipinski definition) is 0. The first kappa shape index (κ1) is 5.93. The average molecular weight is 144 g/mol. The largest absolute Gasteiger partial charge is 0.461 e. The summed E-state index contributed by atoms with van der Waals surface area (Å²) in [5, 5.41) is 8.62. The molecule has 2 aromatic rings. The molecule has 11 heavy (non-hydrogen) atoms. The van der Waals surface area contributed by atoms with Crippen LogP contribution in [0.3, 0.4) is 0 Å². The zero-order valence-corrected chi connectivity index (χ0v) is 5.61. The maximum Gasteiger partial charge on any atom is 0.170 e. The van der Waals surface area contributed by atoms with E-state index in [0.29, 0.717) is 11.1 Å². The fraction of sp³-hybridized carbons (Fsp3) is 0. The van der Waals surface area contributed by atoms with Crippen molar-refractivity contribution in [2.24, 2.45) is 0 Å². The van der Waals surface area contributed by atoms with Crippen LogP contribution in [0.2, 0.25) is 0 Å². The van der Waals surface area contributed by atoms with E-state index in [1.165, 1.54) is 6.26 Å². The molecule has 0 saturated carbocycles. The molecule has 0 N–H and O–H groups in total. The number of furan rings is 1. The van der Waals surface area contributed by atoms with Crippen LogP contribution < -0.4 is 0 Å². The van der Waals surface area contributed by atoms with Gasteiger partial charge in [0, 0.05) is 12.3 Å². The minimum absolute atomic E-state index is 0.528. The molecule has 2 heterocycles. The summed E-state index contributed by atoms with van der Waals surface area (Å²) in [6.45, 7) is 0. The van der Waals surface area contributed by atoms with Gasteiger partial charge in [-0.3, -0.25) is 4.98 Å². The Hall–Kier alpha value is -1.82. The third kappa shape index (κ3) is 0.767. The van der Waals surface area contributed by atoms with Crippen LogP contribution in [-0.2, 0) is 0 Å². The monoisotopic (exact) mass is 144 g/mol. The Kier molecular flexibility index (Phi) is 1.13. The van der Waals surface area contributed by atoms with Crippen LogP contribution in [0, 0.1) is 11.3 Å². The van der Waals surface area contributed by atoms with Crippen molar-refractivity contribution in [2.75, 3.05) is 0 Å². The average Bonchev–Trinajstić information content (AvgIpc) is 2.50. The highest BCUT2D eigenvalue weighted by molar-refractivity contribution is 5.78. The lowest BCUT2D eigenvalue weighted by Crippen LogP contribution is -1.76. The first-order valence-corrected chi connectivity index (χ1v) is 3.14. The zero-order valence-electron chi connectivity index (χ0n) is 5.61. The van der Waals surface area contributed by atoms with Crippen molar-refractivity contribution >= 4 is 11.1 Å². The van der Waals surface area contributed by atoms with Gasteiger partial charge in [-0.2, -0.15) is 5.26 Å². The number of aromatic nitrogens is 1. The molecular formula is C8H4N2O. The van der Waals surface area contributed by atoms with Gasteiger partial charge in [0.2, 0.25) is 0 Å². The Balaban J connectivity index is 2.92. The lowest BCUT2D eigenvalue weighted by molar-refractivity contribution is 0.614. The predicted octanol–water partition coefficient (Wildman–Crippen LogP) is 1.70. The Labute approximate surface area is 62.9 Å². The van der Waals surface area contributed by atoms with E-state index >= 15 is 0 Å². The molecule has 0 aliphatic carbocycles. The van der Waals surface area contributed by atoms with E-state index in [-0.39, 0.29) is 0 Å². The van der Waals surface area contributed by atoms with Gasteiger partial charge in [-0.15, -0.1) is 0 Å². The van der Waals surface area contributed by atoms with Crippen molar-refractivity contribution in [3.8, 4) is 6.07 Å². The van der Waals surface area contributed by atoms with Crippen molar-refractivity contribution in [1.82, 2.24) is 4.98 Å². The van der Waals surface area contributed by atoms with Crippen LogP contribution in [0.25, 0.3) is 11.1 Å². The molecule has 0 fully saturated rings. The standard InChI is InChI=1S/C8H4N2O/c9-5-6-1-3-10-7-2-4-11-8(6)7/h1-4H. The van der Waals surface area contributed by atoms with Gasteiger partial charge in [0.25, 0.3) is 0 Å². The molecule has 2 rings (SSSR count). The van der Waals surface area contributed by atoms with Crippen molar-refractivity contribution in [3.05, 3.63) is 30.2 Å². The summed E-state index contributed by atoms with van der Waals surface area (Å²) in [5.74, 6) is 0. The van der Waals surface area contributed by atoms with E-state index in [1.54, 1.807) is 18.3 Å². The van der Waals surface area contributed by atoms with E-state index in [1.807, 2.05) is 6.07 Å². The van der Waals surface area contributed by atoms with Gasteiger partial charge in [0.15, 0.2) is 5.58 Å². The van der Waals surface area contributed by atoms with Crippen molar-refractivity contribution in [2.45, 2.75) is 0 Å². The number of pyridine rings is 1. The summed E-state index contributed by atoms with van der Waals surface area (Å²) in [6.07, 6.45) is 3.12. The van der Waals surface area contributed by atoms with Gasteiger partial charge >= 0.3 is 0 Å². The van der Waals surface area contributed by atoms with Crippen molar-refractivity contribution in [3.63, 3.8) is 0 Å². The molecule has 0 bridgehead atoms. The molecule has 0 amide bonds. The summed E-state index contributed by atoms with van der Waals surface area (Å²) in [6, 6.07) is 5.39. The second kappa shape index (κ2) is 2.10. The fourth-order valence-corrected chi connectivity index (χ4v) is 0.962. The van der Waals surface area contributed by atoms with Crippen LogP contribution in [0.5, 0.6) is 0 Å². The predicted molar refractivity (Wildman–Crippen MR) is 38.7 cm³/mol. The highest BCUT2D eigenvalue weighted by atomic mass is 16.3. The van der Waals surface area contributed by atoms with Gasteiger partial charge < -0.3 is 4.42 Å². The Morgan fingerprint density at radius 3 is 3.18 bits per heavy atom. The molecule has 2 aromatic heterocycles. The first-order chi connectivity index (χ1) is 5.42. The third-order valence-electron chi connectivity index (χ3n) is 1.46. The zero-order chi connectivity index (χ0) is 7.68. The third-order valence-corrected chi connectivity index (χ3v) is 1.46. The summed E-state index contributed by atoms with van der Waals surface area (Å²) in [7, 11) is 0. The lowest BCUT2D eigenvalue weighted by Gasteiger charge is -1.87. The topological polar surface area (TPSA) is 49.8 Å². The van der Waals surface area contributed by atoms with Crippen LogP contribution >= 0.6 is 0 Å². The molecule has 0 spiro atoms. The minimum Gasteiger partial charge on any atom is -0.461 e. The normalized spacial score (nSPS) is 9.73. The van der Waals surface area contributed by atoms with E-state index in [2.05, 4.69) is 4.98 Å². The second-order valence-electron chi connectivity index (χ2n) is 2.11. The van der Waals surface area contributed by atoms with Gasteiger partial charge in [0.05, 0.1) is 11.8 Å². The Bertz CT molecular complexity index is 425. The van der Waals surface area contributed by atoms with Gasteiger partial charge in [-0.05, 0) is 6.07 Å². The number of rotatable bonds is 0. The van der Waals surface area contributed by atoms with Crippen LogP contribution in [0.1, 0.15) is 5.56 Å². The lowest BCUT2D eigenvalue weighted by atomic mass is 10.2. The summed E-state index contributed by atoms with van der Waals surface area (Å²) in [4.78, 5) is 4.00. The summed E-state index contributed by atoms with van der Waals surface area (Å²) in [5.41, 5.74) is 1.82. The van der Waals surface area contributed by atoms with Gasteiger partial charge in [-0.25, -0.2) is 0 Å². The molecule has 0 unspecified atom stereocenters. The van der Waals surface area contributed by atoms with E-state index < -0.39 is 0 Å².